The fraction of sp³-hybridized carbons (Fsp3) is 0.269. The van der Waals surface area contributed by atoms with E-state index < -0.39 is 15.9 Å². The van der Waals surface area contributed by atoms with E-state index in [-0.39, 0.29) is 27.4 Å². The Morgan fingerprint density at radius 2 is 1.65 bits per heavy atom. The van der Waals surface area contributed by atoms with Crippen LogP contribution in [0.15, 0.2) is 65.6 Å². The zero-order valence-corrected chi connectivity index (χ0v) is 21.4. The van der Waals surface area contributed by atoms with Gasteiger partial charge >= 0.3 is 0 Å². The molecule has 1 atom stereocenters. The summed E-state index contributed by atoms with van der Waals surface area (Å²) in [6.45, 7) is 8.02. The van der Waals surface area contributed by atoms with Gasteiger partial charge in [-0.25, -0.2) is 8.42 Å². The van der Waals surface area contributed by atoms with E-state index in [2.05, 4.69) is 23.9 Å². The smallest absolute Gasteiger partial charge is 0.263 e. The second-order valence-corrected chi connectivity index (χ2v) is 10.5. The number of aryl methyl sites for hydroxylation is 1. The molecule has 0 aliphatic carbocycles. The Labute approximate surface area is 206 Å². The number of amides is 1. The predicted octanol–water partition coefficient (Wildman–Crippen LogP) is 6.07. The van der Waals surface area contributed by atoms with Crippen LogP contribution >= 0.6 is 11.6 Å². The highest BCUT2D eigenvalue weighted by Crippen LogP contribution is 2.32. The molecule has 0 aliphatic heterocycles. The van der Waals surface area contributed by atoms with E-state index >= 15 is 0 Å². The average molecular weight is 501 g/mol. The molecule has 0 bridgehead atoms. The Hall–Kier alpha value is -3.03. The lowest BCUT2D eigenvalue weighted by molar-refractivity contribution is 0.0939. The highest BCUT2D eigenvalue weighted by atomic mass is 35.5. The Morgan fingerprint density at radius 3 is 2.26 bits per heavy atom. The molecule has 0 saturated carbocycles. The molecule has 0 spiro atoms. The molecular weight excluding hydrogens is 472 g/mol. The highest BCUT2D eigenvalue weighted by Gasteiger charge is 2.22. The standard InChI is InChI=1S/C26H29ClN2O4S/c1-16(2)21-15-22(17(3)13-24(21)33-5)18(4)28-26(30)19-11-12-23(27)25(14-19)34(31,32)29-20-9-7-6-8-10-20/h6-16,18,29H,1-5H3,(H,28,30). The van der Waals surface area contributed by atoms with Crippen LogP contribution < -0.4 is 14.8 Å². The van der Waals surface area contributed by atoms with Gasteiger partial charge in [0, 0.05) is 11.3 Å². The quantitative estimate of drug-likeness (QED) is 0.393. The van der Waals surface area contributed by atoms with Crippen molar-refractivity contribution in [1.29, 1.82) is 0 Å². The number of halogens is 1. The van der Waals surface area contributed by atoms with E-state index in [1.165, 1.54) is 18.2 Å². The van der Waals surface area contributed by atoms with Crippen molar-refractivity contribution in [3.05, 3.63) is 87.9 Å². The molecule has 1 unspecified atom stereocenters. The Morgan fingerprint density at radius 1 is 0.971 bits per heavy atom. The Kier molecular flexibility index (Phi) is 7.89. The van der Waals surface area contributed by atoms with Gasteiger partial charge in [0.2, 0.25) is 0 Å². The molecule has 34 heavy (non-hydrogen) atoms. The van der Waals surface area contributed by atoms with E-state index in [1.807, 2.05) is 26.0 Å². The summed E-state index contributed by atoms with van der Waals surface area (Å²) in [5.74, 6) is 0.660. The van der Waals surface area contributed by atoms with Gasteiger partial charge in [0.15, 0.2) is 0 Å². The van der Waals surface area contributed by atoms with E-state index in [0.717, 1.165) is 22.4 Å². The van der Waals surface area contributed by atoms with Crippen molar-refractivity contribution < 1.29 is 17.9 Å². The fourth-order valence-electron chi connectivity index (χ4n) is 3.73. The minimum absolute atomic E-state index is 0.0283. The summed E-state index contributed by atoms with van der Waals surface area (Å²) >= 11 is 6.19. The van der Waals surface area contributed by atoms with Gasteiger partial charge in [-0.3, -0.25) is 9.52 Å². The molecule has 0 aliphatic rings. The van der Waals surface area contributed by atoms with Gasteiger partial charge in [-0.15, -0.1) is 0 Å². The third-order valence-corrected chi connectivity index (χ3v) is 7.43. The van der Waals surface area contributed by atoms with Crippen molar-refractivity contribution >= 4 is 33.2 Å². The lowest BCUT2D eigenvalue weighted by Crippen LogP contribution is -2.27. The zero-order valence-electron chi connectivity index (χ0n) is 19.8. The van der Waals surface area contributed by atoms with Gasteiger partial charge < -0.3 is 10.1 Å². The number of benzene rings is 3. The van der Waals surface area contributed by atoms with Gasteiger partial charge in [0.25, 0.3) is 15.9 Å². The van der Waals surface area contributed by atoms with Gasteiger partial charge in [0.05, 0.1) is 18.2 Å². The summed E-state index contributed by atoms with van der Waals surface area (Å²) in [7, 11) is -2.34. The van der Waals surface area contributed by atoms with Crippen LogP contribution in [0.3, 0.4) is 0 Å². The summed E-state index contributed by atoms with van der Waals surface area (Å²) in [4.78, 5) is 12.9. The number of carbonyl (C=O) groups excluding carboxylic acids is 1. The molecule has 8 heteroatoms. The van der Waals surface area contributed by atoms with Crippen molar-refractivity contribution in [2.24, 2.45) is 0 Å². The molecular formula is C26H29ClN2O4S. The molecule has 0 fully saturated rings. The maximum absolute atomic E-state index is 13.0. The van der Waals surface area contributed by atoms with Crippen molar-refractivity contribution in [3.63, 3.8) is 0 Å². The van der Waals surface area contributed by atoms with Gasteiger partial charge in [-0.1, -0.05) is 43.6 Å². The third kappa shape index (κ3) is 5.72. The maximum atomic E-state index is 13.0. The summed E-state index contributed by atoms with van der Waals surface area (Å²) < 4.78 is 33.8. The molecule has 2 N–H and O–H groups in total. The molecule has 0 heterocycles. The van der Waals surface area contributed by atoms with Gasteiger partial charge in [0.1, 0.15) is 10.6 Å². The number of ether oxygens (including phenoxy) is 1. The van der Waals surface area contributed by atoms with Crippen LogP contribution in [0.4, 0.5) is 5.69 Å². The highest BCUT2D eigenvalue weighted by molar-refractivity contribution is 7.92. The second-order valence-electron chi connectivity index (χ2n) is 8.42. The molecule has 180 valence electrons. The van der Waals surface area contributed by atoms with Crippen LogP contribution in [0, 0.1) is 6.92 Å². The fourth-order valence-corrected chi connectivity index (χ4v) is 5.32. The molecule has 0 saturated heterocycles. The number of para-hydroxylation sites is 1. The van der Waals surface area contributed by atoms with Crippen LogP contribution in [0.1, 0.15) is 59.8 Å². The van der Waals surface area contributed by atoms with E-state index in [9.17, 15) is 13.2 Å². The van der Waals surface area contributed by atoms with Crippen molar-refractivity contribution in [1.82, 2.24) is 5.32 Å². The summed E-state index contributed by atoms with van der Waals surface area (Å²) in [6, 6.07) is 16.4. The third-order valence-electron chi connectivity index (χ3n) is 5.56. The second kappa shape index (κ2) is 10.5. The number of hydrogen-bond acceptors (Lipinski definition) is 4. The largest absolute Gasteiger partial charge is 0.496 e. The van der Waals surface area contributed by atoms with Crippen LogP contribution in [-0.2, 0) is 10.0 Å². The molecule has 0 radical (unpaired) electrons. The minimum atomic E-state index is -3.99. The first-order valence-corrected chi connectivity index (χ1v) is 12.8. The Bertz CT molecular complexity index is 1290. The summed E-state index contributed by atoms with van der Waals surface area (Å²) in [5, 5.41) is 3.00. The minimum Gasteiger partial charge on any atom is -0.496 e. The molecule has 6 nitrogen and oxygen atoms in total. The van der Waals surface area contributed by atoms with Gasteiger partial charge in [-0.2, -0.15) is 0 Å². The predicted molar refractivity (Wildman–Crippen MR) is 136 cm³/mol. The van der Waals surface area contributed by atoms with E-state index in [1.54, 1.807) is 37.4 Å². The zero-order chi connectivity index (χ0) is 25.0. The summed E-state index contributed by atoms with van der Waals surface area (Å²) in [6.07, 6.45) is 0. The first-order chi connectivity index (χ1) is 16.0. The SMILES string of the molecule is COc1cc(C)c(C(C)NC(=O)c2ccc(Cl)c(S(=O)(=O)Nc3ccccc3)c2)cc1C(C)C. The van der Waals surface area contributed by atoms with Gasteiger partial charge in [-0.05, 0) is 78.9 Å². The normalized spacial score (nSPS) is 12.3. The number of hydrogen-bond donors (Lipinski definition) is 2. The number of nitrogens with one attached hydrogen (secondary N) is 2. The monoisotopic (exact) mass is 500 g/mol. The maximum Gasteiger partial charge on any atom is 0.263 e. The van der Waals surface area contributed by atoms with Crippen LogP contribution in [0.5, 0.6) is 5.75 Å². The molecule has 1 amide bonds. The van der Waals surface area contributed by atoms with E-state index in [0.29, 0.717) is 5.69 Å². The average Bonchev–Trinajstić information content (AvgIpc) is 2.78. The first-order valence-electron chi connectivity index (χ1n) is 10.9. The van der Waals surface area contributed by atoms with Crippen molar-refractivity contribution in [2.45, 2.75) is 44.6 Å². The molecule has 0 aromatic heterocycles. The number of carbonyl (C=O) groups is 1. The lowest BCUT2D eigenvalue weighted by atomic mass is 9.93. The Balaban J connectivity index is 1.87. The van der Waals surface area contributed by atoms with Crippen molar-refractivity contribution in [3.8, 4) is 5.75 Å². The summed E-state index contributed by atoms with van der Waals surface area (Å²) in [5.41, 5.74) is 3.60. The number of methoxy groups -OCH3 is 1. The van der Waals surface area contributed by atoms with Crippen molar-refractivity contribution in [2.75, 3.05) is 11.8 Å². The number of rotatable bonds is 8. The van der Waals surface area contributed by atoms with Crippen LogP contribution in [0.2, 0.25) is 5.02 Å². The van der Waals surface area contributed by atoms with Crippen LogP contribution in [-0.4, -0.2) is 21.4 Å². The molecule has 3 rings (SSSR count). The lowest BCUT2D eigenvalue weighted by Gasteiger charge is -2.21. The number of anilines is 1. The van der Waals surface area contributed by atoms with Crippen LogP contribution in [0.25, 0.3) is 0 Å². The number of sulfonamides is 1. The first kappa shape index (κ1) is 25.6. The topological polar surface area (TPSA) is 84.5 Å². The molecule has 3 aromatic rings. The molecule has 3 aromatic carbocycles. The van der Waals surface area contributed by atoms with E-state index in [4.69, 9.17) is 16.3 Å².